The molecule has 1 aliphatic carbocycles. The number of aryl methyl sites for hydroxylation is 1. The minimum absolute atomic E-state index is 0.0902. The van der Waals surface area contributed by atoms with Gasteiger partial charge in [-0.05, 0) is 19.8 Å². The maximum atomic E-state index is 9.88. The monoisotopic (exact) mass is 395 g/mol. The number of benzene rings is 1. The fourth-order valence-electron chi connectivity index (χ4n) is 4.48. The van der Waals surface area contributed by atoms with Crippen LogP contribution in [0.5, 0.6) is 0 Å². The molecule has 0 unspecified atom stereocenters. The highest BCUT2D eigenvalue weighted by atomic mass is 32.1. The average molecular weight is 396 g/mol. The molecular formula is C21H23N4S2+. The second-order valence-corrected chi connectivity index (χ2v) is 8.84. The lowest BCUT2D eigenvalue weighted by Gasteiger charge is -2.42. The smallest absolute Gasteiger partial charge is 0.257 e. The molecule has 138 valence electrons. The van der Waals surface area contributed by atoms with Crippen LogP contribution in [0, 0.1) is 23.7 Å². The Hall–Kier alpha value is -2.10. The fraction of sp³-hybridized carbons (Fsp3) is 0.381. The predicted molar refractivity (Wildman–Crippen MR) is 112 cm³/mol. The highest BCUT2D eigenvalue weighted by Gasteiger charge is 2.52. The lowest BCUT2D eigenvalue weighted by molar-refractivity contribution is -0.391. The topological polar surface area (TPSA) is 76.7 Å². The fourth-order valence-corrected chi connectivity index (χ4v) is 5.94. The highest BCUT2D eigenvalue weighted by Crippen LogP contribution is 2.54. The lowest BCUT2D eigenvalue weighted by atomic mass is 9.61. The first-order chi connectivity index (χ1) is 13.0. The van der Waals surface area contributed by atoms with Crippen LogP contribution in [0.15, 0.2) is 40.2 Å². The molecule has 0 saturated heterocycles. The number of rotatable bonds is 2. The number of nitrogens with zero attached hydrogens (tertiary/aromatic N) is 2. The molecule has 1 fully saturated rings. The van der Waals surface area contributed by atoms with Crippen molar-refractivity contribution >= 4 is 29.8 Å². The summed E-state index contributed by atoms with van der Waals surface area (Å²) in [4.78, 5) is 8.09. The molecule has 2 heterocycles. The van der Waals surface area contributed by atoms with Gasteiger partial charge in [-0.1, -0.05) is 49.1 Å². The molecule has 1 aromatic heterocycles. The first-order valence-corrected chi connectivity index (χ1v) is 10.6. The largest absolute Gasteiger partial charge is 0.290 e. The van der Waals surface area contributed by atoms with Crippen molar-refractivity contribution in [2.45, 2.75) is 44.9 Å². The molecule has 2 aliphatic rings. The van der Waals surface area contributed by atoms with Gasteiger partial charge in [0.25, 0.3) is 5.84 Å². The van der Waals surface area contributed by atoms with Crippen molar-refractivity contribution in [2.75, 3.05) is 0 Å². The zero-order valence-corrected chi connectivity index (χ0v) is 17.0. The molecule has 2 aromatic rings. The van der Waals surface area contributed by atoms with Gasteiger partial charge < -0.3 is 0 Å². The van der Waals surface area contributed by atoms with Crippen molar-refractivity contribution in [2.24, 2.45) is 11.1 Å². The molecule has 27 heavy (non-hydrogen) atoms. The molecular weight excluding hydrogens is 372 g/mol. The Morgan fingerprint density at radius 3 is 2.63 bits per heavy atom. The summed E-state index contributed by atoms with van der Waals surface area (Å²) in [5.74, 6) is 0.568. The number of hydrogen-bond donors (Lipinski definition) is 3. The van der Waals surface area contributed by atoms with Crippen LogP contribution in [0.3, 0.4) is 0 Å². The van der Waals surface area contributed by atoms with Gasteiger partial charge in [0.2, 0.25) is 0 Å². The van der Waals surface area contributed by atoms with Gasteiger partial charge in [0.05, 0.1) is 11.3 Å². The number of aromatic nitrogens is 1. The van der Waals surface area contributed by atoms with Crippen molar-refractivity contribution in [3.63, 3.8) is 0 Å². The van der Waals surface area contributed by atoms with E-state index in [0.717, 1.165) is 47.5 Å². The van der Waals surface area contributed by atoms with Crippen LogP contribution in [0.25, 0.3) is 11.3 Å². The Labute approximate surface area is 169 Å². The van der Waals surface area contributed by atoms with E-state index in [1.807, 2.05) is 0 Å². The van der Waals surface area contributed by atoms with Crippen LogP contribution >= 0.6 is 24.0 Å². The minimum Gasteiger partial charge on any atom is -0.290 e. The van der Waals surface area contributed by atoms with E-state index in [0.29, 0.717) is 10.9 Å². The van der Waals surface area contributed by atoms with E-state index < -0.39 is 0 Å². The number of nitrogens with one attached hydrogen (secondary N) is 1. The molecule has 4 rings (SSSR count). The van der Waals surface area contributed by atoms with E-state index >= 15 is 0 Å². The van der Waals surface area contributed by atoms with Crippen molar-refractivity contribution in [3.05, 3.63) is 50.8 Å². The number of nitrogens with two attached hydrogens (primary N) is 1. The molecule has 1 aliphatic heterocycles. The average Bonchev–Trinajstić information content (AvgIpc) is 3.12. The Morgan fingerprint density at radius 2 is 1.96 bits per heavy atom. The molecule has 1 spiro atoms. The molecule has 0 radical (unpaired) electrons. The van der Waals surface area contributed by atoms with E-state index in [1.165, 1.54) is 12.0 Å². The van der Waals surface area contributed by atoms with Crippen molar-refractivity contribution in [3.8, 4) is 17.3 Å². The molecule has 0 bridgehead atoms. The van der Waals surface area contributed by atoms with E-state index in [-0.39, 0.29) is 11.3 Å². The van der Waals surface area contributed by atoms with E-state index in [2.05, 4.69) is 60.3 Å². The molecule has 0 amide bonds. The van der Waals surface area contributed by atoms with Gasteiger partial charge in [-0.3, -0.25) is 5.73 Å². The van der Waals surface area contributed by atoms with Crippen LogP contribution in [0.1, 0.15) is 48.6 Å². The van der Waals surface area contributed by atoms with E-state index in [4.69, 9.17) is 10.7 Å². The van der Waals surface area contributed by atoms with Crippen molar-refractivity contribution in [1.29, 1.82) is 5.26 Å². The van der Waals surface area contributed by atoms with Gasteiger partial charge >= 0.3 is 0 Å². The lowest BCUT2D eigenvalue weighted by Crippen LogP contribution is -2.77. The summed E-state index contributed by atoms with van der Waals surface area (Å²) >= 11 is 6.16. The van der Waals surface area contributed by atoms with Crippen LogP contribution in [-0.2, 0) is 0 Å². The van der Waals surface area contributed by atoms with Gasteiger partial charge in [0.1, 0.15) is 17.0 Å². The van der Waals surface area contributed by atoms with Gasteiger partial charge in [-0.25, -0.2) is 9.98 Å². The third kappa shape index (κ3) is 3.09. The summed E-state index contributed by atoms with van der Waals surface area (Å²) in [6.45, 7) is 2.08. The van der Waals surface area contributed by atoms with E-state index in [1.54, 1.807) is 11.3 Å². The standard InChI is InChI=1S/C21H22N4S2/c1-13-5-7-14(8-6-13)16-12-27-20(24-16)17-18(23)25-19(26)15(11-22)21(17)9-3-2-4-10-21/h5-8,12,17,26H,2-4,9-10H2,1H3,(H2,23,25)/p+1/t17-/m0/s1. The van der Waals surface area contributed by atoms with Gasteiger partial charge in [0, 0.05) is 16.4 Å². The third-order valence-corrected chi connectivity index (χ3v) is 7.08. The van der Waals surface area contributed by atoms with Crippen molar-refractivity contribution in [1.82, 2.24) is 4.98 Å². The Kier molecular flexibility index (Phi) is 4.83. The number of thiol groups is 1. The quantitative estimate of drug-likeness (QED) is 0.683. The molecule has 4 nitrogen and oxygen atoms in total. The predicted octanol–water partition coefficient (Wildman–Crippen LogP) is 3.27. The molecule has 6 heteroatoms. The van der Waals surface area contributed by atoms with Crippen LogP contribution < -0.4 is 10.7 Å². The summed E-state index contributed by atoms with van der Waals surface area (Å²) < 4.78 is 0. The number of amidine groups is 1. The van der Waals surface area contributed by atoms with Crippen LogP contribution in [0.4, 0.5) is 0 Å². The Bertz CT molecular complexity index is 957. The first-order valence-electron chi connectivity index (χ1n) is 9.31. The summed E-state index contributed by atoms with van der Waals surface area (Å²) in [5.41, 5.74) is 10.2. The minimum atomic E-state index is -0.290. The van der Waals surface area contributed by atoms with Crippen LogP contribution in [-0.4, -0.2) is 10.8 Å². The zero-order valence-electron chi connectivity index (χ0n) is 15.3. The first kappa shape index (κ1) is 18.3. The SMILES string of the molecule is Cc1ccc(-c2csc([C@@H]3C(N)=[NH+]C(S)=C(C#N)C34CCCCC4)n2)cc1. The second kappa shape index (κ2) is 7.14. The summed E-state index contributed by atoms with van der Waals surface area (Å²) in [6.07, 6.45) is 5.31. The molecule has 1 saturated carbocycles. The molecule has 1 aromatic carbocycles. The highest BCUT2D eigenvalue weighted by molar-refractivity contribution is 7.84. The maximum absolute atomic E-state index is 9.88. The van der Waals surface area contributed by atoms with E-state index in [9.17, 15) is 5.26 Å². The number of nitriles is 1. The third-order valence-electron chi connectivity index (χ3n) is 5.83. The number of hydrogen-bond acceptors (Lipinski definition) is 5. The Balaban J connectivity index is 1.79. The second-order valence-electron chi connectivity index (χ2n) is 7.50. The van der Waals surface area contributed by atoms with Gasteiger partial charge in [-0.15, -0.1) is 24.0 Å². The molecule has 3 N–H and O–H groups in total. The number of thiazole rings is 1. The summed E-state index contributed by atoms with van der Waals surface area (Å²) in [6, 6.07) is 10.8. The summed E-state index contributed by atoms with van der Waals surface area (Å²) in [5, 5.41) is 13.5. The zero-order chi connectivity index (χ0) is 19.0. The number of allylic oxidation sites excluding steroid dienone is 1. The molecule has 1 atom stereocenters. The normalized spacial score (nSPS) is 21.8. The Morgan fingerprint density at radius 1 is 1.26 bits per heavy atom. The van der Waals surface area contributed by atoms with Crippen LogP contribution in [0.2, 0.25) is 0 Å². The van der Waals surface area contributed by atoms with Gasteiger partial charge in [-0.2, -0.15) is 5.26 Å². The summed E-state index contributed by atoms with van der Waals surface area (Å²) in [7, 11) is 0. The van der Waals surface area contributed by atoms with Gasteiger partial charge in [0.15, 0.2) is 5.03 Å². The maximum Gasteiger partial charge on any atom is 0.257 e. The van der Waals surface area contributed by atoms with Crippen molar-refractivity contribution < 1.29 is 4.99 Å².